The van der Waals surface area contributed by atoms with Crippen LogP contribution >= 0.6 is 11.6 Å². The Labute approximate surface area is 112 Å². The molecule has 0 aliphatic heterocycles. The molecule has 2 atom stereocenters. The standard InChI is InChI=1S/C12H16ClNO3S/c1-8-4-10(8)6-14-18(16,17)11-3-2-9(7-15)12(13)5-11/h2-3,5,8,10,14-15H,4,6-7H2,1H3. The molecule has 0 aromatic heterocycles. The summed E-state index contributed by atoms with van der Waals surface area (Å²) >= 11 is 5.88. The Hall–Kier alpha value is -0.620. The molecule has 1 fully saturated rings. The molecule has 0 amide bonds. The molecule has 4 nitrogen and oxygen atoms in total. The number of nitrogens with one attached hydrogen (secondary N) is 1. The van der Waals surface area contributed by atoms with Gasteiger partial charge in [0.05, 0.1) is 11.5 Å². The first-order chi connectivity index (χ1) is 8.44. The molecule has 1 saturated carbocycles. The number of hydrogen-bond acceptors (Lipinski definition) is 3. The maximum atomic E-state index is 12.0. The van der Waals surface area contributed by atoms with Gasteiger partial charge in [0, 0.05) is 11.6 Å². The molecule has 2 unspecified atom stereocenters. The second-order valence-electron chi connectivity index (χ2n) is 4.74. The first-order valence-corrected chi connectivity index (χ1v) is 7.69. The first-order valence-electron chi connectivity index (χ1n) is 5.83. The minimum absolute atomic E-state index is 0.137. The summed E-state index contributed by atoms with van der Waals surface area (Å²) in [6, 6.07) is 4.35. The number of sulfonamides is 1. The molecule has 1 aromatic carbocycles. The van der Waals surface area contributed by atoms with Gasteiger partial charge in [-0.15, -0.1) is 0 Å². The summed E-state index contributed by atoms with van der Waals surface area (Å²) < 4.78 is 26.6. The highest BCUT2D eigenvalue weighted by Crippen LogP contribution is 2.37. The van der Waals surface area contributed by atoms with Crippen LogP contribution in [-0.2, 0) is 16.6 Å². The van der Waals surface area contributed by atoms with Gasteiger partial charge in [-0.25, -0.2) is 13.1 Å². The van der Waals surface area contributed by atoms with E-state index in [0.717, 1.165) is 6.42 Å². The molecule has 0 radical (unpaired) electrons. The maximum absolute atomic E-state index is 12.0. The van der Waals surface area contributed by atoms with Crippen LogP contribution < -0.4 is 4.72 Å². The third-order valence-electron chi connectivity index (χ3n) is 3.32. The molecule has 1 aromatic rings. The largest absolute Gasteiger partial charge is 0.392 e. The zero-order valence-corrected chi connectivity index (χ0v) is 11.6. The highest BCUT2D eigenvalue weighted by atomic mass is 35.5. The van der Waals surface area contributed by atoms with Gasteiger partial charge in [0.25, 0.3) is 0 Å². The van der Waals surface area contributed by atoms with E-state index >= 15 is 0 Å². The van der Waals surface area contributed by atoms with E-state index in [0.29, 0.717) is 23.9 Å². The Morgan fingerprint density at radius 3 is 2.67 bits per heavy atom. The van der Waals surface area contributed by atoms with Gasteiger partial charge < -0.3 is 5.11 Å². The molecule has 0 spiro atoms. The van der Waals surface area contributed by atoms with Crippen molar-refractivity contribution in [1.29, 1.82) is 0 Å². The SMILES string of the molecule is CC1CC1CNS(=O)(=O)c1ccc(CO)c(Cl)c1. The van der Waals surface area contributed by atoms with Gasteiger partial charge in [0.2, 0.25) is 10.0 Å². The van der Waals surface area contributed by atoms with Gasteiger partial charge in [-0.05, 0) is 36.0 Å². The lowest BCUT2D eigenvalue weighted by Crippen LogP contribution is -2.26. The predicted octanol–water partition coefficient (Wildman–Crippen LogP) is 1.77. The second kappa shape index (κ2) is 5.17. The number of benzene rings is 1. The van der Waals surface area contributed by atoms with E-state index in [9.17, 15) is 8.42 Å². The maximum Gasteiger partial charge on any atom is 0.240 e. The number of aliphatic hydroxyl groups is 1. The third kappa shape index (κ3) is 3.03. The smallest absolute Gasteiger partial charge is 0.240 e. The van der Waals surface area contributed by atoms with Crippen LogP contribution in [0.1, 0.15) is 18.9 Å². The number of rotatable bonds is 5. The van der Waals surface area contributed by atoms with Crippen LogP contribution in [-0.4, -0.2) is 20.1 Å². The van der Waals surface area contributed by atoms with Crippen LogP contribution in [0.2, 0.25) is 5.02 Å². The van der Waals surface area contributed by atoms with Crippen molar-refractivity contribution in [3.63, 3.8) is 0 Å². The van der Waals surface area contributed by atoms with Crippen molar-refractivity contribution in [3.05, 3.63) is 28.8 Å². The van der Waals surface area contributed by atoms with E-state index in [2.05, 4.69) is 11.6 Å². The van der Waals surface area contributed by atoms with Crippen molar-refractivity contribution in [2.45, 2.75) is 24.8 Å². The monoisotopic (exact) mass is 289 g/mol. The van der Waals surface area contributed by atoms with Gasteiger partial charge in [0.1, 0.15) is 0 Å². The number of aliphatic hydroxyl groups excluding tert-OH is 1. The lowest BCUT2D eigenvalue weighted by Gasteiger charge is -2.08. The Kier molecular flexibility index (Phi) is 3.96. The van der Waals surface area contributed by atoms with E-state index in [4.69, 9.17) is 16.7 Å². The van der Waals surface area contributed by atoms with E-state index in [1.54, 1.807) is 0 Å². The molecule has 100 valence electrons. The van der Waals surface area contributed by atoms with Crippen LogP contribution in [0.5, 0.6) is 0 Å². The van der Waals surface area contributed by atoms with Crippen molar-refractivity contribution in [1.82, 2.24) is 4.72 Å². The van der Waals surface area contributed by atoms with E-state index < -0.39 is 10.0 Å². The minimum atomic E-state index is -3.50. The molecule has 18 heavy (non-hydrogen) atoms. The van der Waals surface area contributed by atoms with Gasteiger partial charge in [-0.1, -0.05) is 24.6 Å². The fourth-order valence-electron chi connectivity index (χ4n) is 1.81. The number of halogens is 1. The Morgan fingerprint density at radius 2 is 2.17 bits per heavy atom. The Bertz CT molecular complexity index is 544. The van der Waals surface area contributed by atoms with Gasteiger partial charge in [0.15, 0.2) is 0 Å². The van der Waals surface area contributed by atoms with Crippen LogP contribution in [0, 0.1) is 11.8 Å². The van der Waals surface area contributed by atoms with Gasteiger partial charge in [-0.3, -0.25) is 0 Å². The molecular weight excluding hydrogens is 274 g/mol. The quantitative estimate of drug-likeness (QED) is 0.868. The van der Waals surface area contributed by atoms with Crippen LogP contribution in [0.15, 0.2) is 23.1 Å². The van der Waals surface area contributed by atoms with Crippen LogP contribution in [0.4, 0.5) is 0 Å². The zero-order chi connectivity index (χ0) is 13.3. The summed E-state index contributed by atoms with van der Waals surface area (Å²) in [5.41, 5.74) is 0.520. The predicted molar refractivity (Wildman–Crippen MR) is 69.8 cm³/mol. The van der Waals surface area contributed by atoms with Crippen LogP contribution in [0.25, 0.3) is 0 Å². The number of hydrogen-bond donors (Lipinski definition) is 2. The molecule has 6 heteroatoms. The van der Waals surface area contributed by atoms with E-state index in [-0.39, 0.29) is 16.5 Å². The Morgan fingerprint density at radius 1 is 1.50 bits per heavy atom. The molecule has 2 N–H and O–H groups in total. The molecule has 1 aliphatic rings. The molecular formula is C12H16ClNO3S. The lowest BCUT2D eigenvalue weighted by atomic mass is 10.2. The fraction of sp³-hybridized carbons (Fsp3) is 0.500. The lowest BCUT2D eigenvalue weighted by molar-refractivity contribution is 0.282. The van der Waals surface area contributed by atoms with E-state index in [1.807, 2.05) is 0 Å². The molecule has 1 aliphatic carbocycles. The highest BCUT2D eigenvalue weighted by Gasteiger charge is 2.33. The van der Waals surface area contributed by atoms with Crippen molar-refractivity contribution < 1.29 is 13.5 Å². The average Bonchev–Trinajstić information content (AvgIpc) is 3.03. The first kappa shape index (κ1) is 13.8. The molecule has 2 rings (SSSR count). The topological polar surface area (TPSA) is 66.4 Å². The summed E-state index contributed by atoms with van der Waals surface area (Å²) in [7, 11) is -3.50. The van der Waals surface area contributed by atoms with E-state index in [1.165, 1.54) is 18.2 Å². The normalized spacial score (nSPS) is 23.1. The summed E-state index contributed by atoms with van der Waals surface area (Å²) in [6.45, 7) is 2.38. The van der Waals surface area contributed by atoms with Gasteiger partial charge >= 0.3 is 0 Å². The molecule has 0 bridgehead atoms. The average molecular weight is 290 g/mol. The van der Waals surface area contributed by atoms with Crippen molar-refractivity contribution in [2.24, 2.45) is 11.8 Å². The Balaban J connectivity index is 2.11. The van der Waals surface area contributed by atoms with Crippen molar-refractivity contribution in [3.8, 4) is 0 Å². The zero-order valence-electron chi connectivity index (χ0n) is 10.1. The van der Waals surface area contributed by atoms with Crippen molar-refractivity contribution >= 4 is 21.6 Å². The summed E-state index contributed by atoms with van der Waals surface area (Å²) in [5, 5.41) is 9.24. The van der Waals surface area contributed by atoms with Crippen molar-refractivity contribution in [2.75, 3.05) is 6.54 Å². The van der Waals surface area contributed by atoms with Crippen LogP contribution in [0.3, 0.4) is 0 Å². The summed E-state index contributed by atoms with van der Waals surface area (Å²) in [4.78, 5) is 0.137. The fourth-order valence-corrected chi connectivity index (χ4v) is 3.23. The van der Waals surface area contributed by atoms with Gasteiger partial charge in [-0.2, -0.15) is 0 Å². The molecule has 0 heterocycles. The summed E-state index contributed by atoms with van der Waals surface area (Å²) in [6.07, 6.45) is 1.08. The third-order valence-corrected chi connectivity index (χ3v) is 5.09. The summed E-state index contributed by atoms with van der Waals surface area (Å²) in [5.74, 6) is 1.06. The second-order valence-corrected chi connectivity index (χ2v) is 6.91. The minimum Gasteiger partial charge on any atom is -0.392 e. The highest BCUT2D eigenvalue weighted by molar-refractivity contribution is 7.89. The molecule has 0 saturated heterocycles.